The van der Waals surface area contributed by atoms with Crippen molar-refractivity contribution in [1.29, 1.82) is 0 Å². The molecule has 2 aromatic heterocycles. The molecule has 0 radical (unpaired) electrons. The maximum Gasteiger partial charge on any atom is 0.305 e. The van der Waals surface area contributed by atoms with Crippen LogP contribution in [0.2, 0.25) is 0 Å². The summed E-state index contributed by atoms with van der Waals surface area (Å²) in [6, 6.07) is 18.4. The van der Waals surface area contributed by atoms with E-state index in [1.54, 1.807) is 25.5 Å². The number of thiophene rings is 1. The summed E-state index contributed by atoms with van der Waals surface area (Å²) in [5.41, 5.74) is 3.44. The van der Waals surface area contributed by atoms with Gasteiger partial charge in [-0.1, -0.05) is 89.8 Å². The third-order valence-corrected chi connectivity index (χ3v) is 9.73. The van der Waals surface area contributed by atoms with Gasteiger partial charge in [0.25, 0.3) is 5.91 Å². The molecule has 10 heteroatoms. The van der Waals surface area contributed by atoms with Gasteiger partial charge >= 0.3 is 5.97 Å². The number of nitrogens with zero attached hydrogens (tertiary/aromatic N) is 3. The predicted octanol–water partition coefficient (Wildman–Crippen LogP) is 7.79. The second kappa shape index (κ2) is 17.7. The lowest BCUT2D eigenvalue weighted by molar-refractivity contribution is -0.138. The van der Waals surface area contributed by atoms with Gasteiger partial charge in [-0.25, -0.2) is 9.97 Å². The molecule has 0 saturated heterocycles. The number of hydrogen-bond donors (Lipinski definition) is 2. The number of hydrogen-bond acceptors (Lipinski definition) is 7. The summed E-state index contributed by atoms with van der Waals surface area (Å²) in [5, 5.41) is 12.0. The van der Waals surface area contributed by atoms with Crippen molar-refractivity contribution in [3.63, 3.8) is 0 Å². The van der Waals surface area contributed by atoms with Crippen LogP contribution < -0.4 is 10.1 Å². The van der Waals surface area contributed by atoms with Crippen molar-refractivity contribution >= 4 is 29.1 Å². The van der Waals surface area contributed by atoms with Gasteiger partial charge < -0.3 is 20.1 Å². The molecule has 2 heterocycles. The Kier molecular flexibility index (Phi) is 13.5. The number of unbranched alkanes of at least 4 members (excludes halogenated alkanes) is 4. The van der Waals surface area contributed by atoms with E-state index < -0.39 is 12.0 Å². The maximum absolute atomic E-state index is 13.4. The molecule has 4 rings (SSSR count). The number of carboxylic acids is 1. The van der Waals surface area contributed by atoms with Gasteiger partial charge in [0.2, 0.25) is 5.91 Å². The fraction of sp³-hybridized carbons (Fsp3) is 0.410. The van der Waals surface area contributed by atoms with Crippen molar-refractivity contribution in [3.8, 4) is 28.3 Å². The molecule has 0 spiro atoms. The van der Waals surface area contributed by atoms with Crippen molar-refractivity contribution < 1.29 is 24.2 Å². The van der Waals surface area contributed by atoms with E-state index in [0.717, 1.165) is 45.9 Å². The summed E-state index contributed by atoms with van der Waals surface area (Å²) in [6.07, 6.45) is 9.67. The van der Waals surface area contributed by atoms with Crippen LogP contribution in [0.3, 0.4) is 0 Å². The Morgan fingerprint density at radius 1 is 0.878 bits per heavy atom. The summed E-state index contributed by atoms with van der Waals surface area (Å²) >= 11 is 1.40. The van der Waals surface area contributed by atoms with Gasteiger partial charge in [0, 0.05) is 48.4 Å². The summed E-state index contributed by atoms with van der Waals surface area (Å²) in [6.45, 7) is 9.22. The number of carbonyl (C=O) groups excluding carboxylic acids is 2. The topological polar surface area (TPSA) is 122 Å². The van der Waals surface area contributed by atoms with Gasteiger partial charge in [-0.15, -0.1) is 11.3 Å². The molecule has 0 bridgehead atoms. The lowest BCUT2D eigenvalue weighted by atomic mass is 9.95. The van der Waals surface area contributed by atoms with E-state index in [1.807, 2.05) is 54.6 Å². The van der Waals surface area contributed by atoms with Crippen LogP contribution in [0.5, 0.6) is 5.75 Å². The van der Waals surface area contributed by atoms with Crippen LogP contribution >= 0.6 is 11.3 Å². The molecule has 0 saturated carbocycles. The fourth-order valence-corrected chi connectivity index (χ4v) is 6.19. The molecule has 4 aromatic rings. The van der Waals surface area contributed by atoms with E-state index in [-0.39, 0.29) is 36.6 Å². The third-order valence-electron chi connectivity index (χ3n) is 8.22. The molecule has 1 atom stereocenters. The van der Waals surface area contributed by atoms with Gasteiger partial charge in [-0.3, -0.25) is 14.4 Å². The van der Waals surface area contributed by atoms with E-state index in [2.05, 4.69) is 43.0 Å². The summed E-state index contributed by atoms with van der Waals surface area (Å²) in [5.74, 6) is -0.262. The van der Waals surface area contributed by atoms with Gasteiger partial charge in [0.05, 0.1) is 17.9 Å². The summed E-state index contributed by atoms with van der Waals surface area (Å²) < 4.78 is 5.89. The monoisotopic (exact) mass is 684 g/mol. The minimum Gasteiger partial charge on any atom is -0.494 e. The first-order valence-electron chi connectivity index (χ1n) is 17.0. The number of likely N-dealkylation sites (N-methyl/N-ethyl adjacent to an activating group) is 1. The molecule has 0 aliphatic carbocycles. The average molecular weight is 685 g/mol. The summed E-state index contributed by atoms with van der Waals surface area (Å²) in [4.78, 5) is 49.9. The van der Waals surface area contributed by atoms with Crippen LogP contribution in [-0.4, -0.2) is 64.0 Å². The average Bonchev–Trinajstić information content (AvgIpc) is 3.61. The first-order valence-corrected chi connectivity index (χ1v) is 17.8. The highest BCUT2D eigenvalue weighted by molar-refractivity contribution is 7.14. The van der Waals surface area contributed by atoms with Gasteiger partial charge in [-0.05, 0) is 47.2 Å². The molecule has 9 nitrogen and oxygen atoms in total. The Bertz CT molecular complexity index is 1660. The highest BCUT2D eigenvalue weighted by atomic mass is 32.1. The number of ether oxygens (including phenoxy) is 1. The number of carboxylic acid groups (broad SMARTS) is 1. The lowest BCUT2D eigenvalue weighted by Crippen LogP contribution is -2.48. The quantitative estimate of drug-likeness (QED) is 0.109. The molecule has 2 N–H and O–H groups in total. The first kappa shape index (κ1) is 37.3. The number of nitrogens with one attached hydrogen (secondary N) is 1. The van der Waals surface area contributed by atoms with Crippen molar-refractivity contribution in [3.05, 3.63) is 88.4 Å². The number of carbonyl (C=O) groups is 3. The number of benzene rings is 2. The van der Waals surface area contributed by atoms with Crippen molar-refractivity contribution in [1.82, 2.24) is 20.2 Å². The number of aromatic nitrogens is 2. The van der Waals surface area contributed by atoms with Crippen LogP contribution in [0.25, 0.3) is 22.5 Å². The fourth-order valence-electron chi connectivity index (χ4n) is 5.22. The molecule has 2 amide bonds. The van der Waals surface area contributed by atoms with E-state index in [1.165, 1.54) is 41.9 Å². The van der Waals surface area contributed by atoms with E-state index in [4.69, 9.17) is 9.84 Å². The van der Waals surface area contributed by atoms with Gasteiger partial charge in [-0.2, -0.15) is 0 Å². The molecule has 49 heavy (non-hydrogen) atoms. The molecular formula is C39H48N4O5S. The first-order chi connectivity index (χ1) is 23.4. The lowest BCUT2D eigenvalue weighted by Gasteiger charge is -2.24. The van der Waals surface area contributed by atoms with Gasteiger partial charge in [0.15, 0.2) is 5.82 Å². The zero-order chi connectivity index (χ0) is 35.4. The van der Waals surface area contributed by atoms with Crippen molar-refractivity contribution in [2.24, 2.45) is 0 Å². The Morgan fingerprint density at radius 2 is 1.53 bits per heavy atom. The second-order valence-corrected chi connectivity index (χ2v) is 14.4. The Balaban J connectivity index is 1.40. The Hall–Kier alpha value is -4.57. The van der Waals surface area contributed by atoms with Crippen molar-refractivity contribution in [2.45, 2.75) is 84.1 Å². The van der Waals surface area contributed by atoms with Crippen molar-refractivity contribution in [2.75, 3.05) is 20.2 Å². The highest BCUT2D eigenvalue weighted by Gasteiger charge is 2.27. The van der Waals surface area contributed by atoms with E-state index in [0.29, 0.717) is 10.7 Å². The second-order valence-electron chi connectivity index (χ2n) is 13.3. The maximum atomic E-state index is 13.4. The molecule has 0 aliphatic heterocycles. The molecule has 0 aliphatic rings. The van der Waals surface area contributed by atoms with Crippen LogP contribution in [0, 0.1) is 0 Å². The number of rotatable bonds is 17. The smallest absolute Gasteiger partial charge is 0.305 e. The Labute approximate surface area is 293 Å². The molecule has 260 valence electrons. The molecule has 0 unspecified atom stereocenters. The molecular weight excluding hydrogens is 637 g/mol. The Morgan fingerprint density at radius 3 is 2.14 bits per heavy atom. The van der Waals surface area contributed by atoms with E-state index in [9.17, 15) is 14.4 Å². The third kappa shape index (κ3) is 11.2. The van der Waals surface area contributed by atoms with Gasteiger partial charge in [0.1, 0.15) is 11.8 Å². The zero-order valence-electron chi connectivity index (χ0n) is 29.2. The summed E-state index contributed by atoms with van der Waals surface area (Å²) in [7, 11) is 1.55. The standard InChI is InChI=1S/C39H48N4O5S/c1-6-7-8-9-10-23-48-31-17-15-28(16-18-31)30-25-40-36(41-26-30)29-13-11-27(12-14-29)24-32(38(47)43(5)22-21-35(44)45)42-37(46)33-19-20-34(49-33)39(2,3)4/h11-20,25-26,32H,6-10,21-24H2,1-5H3,(H,42,46)(H,44,45)/t32-/m0/s1. The van der Waals surface area contributed by atoms with Crippen LogP contribution in [0.15, 0.2) is 73.1 Å². The minimum atomic E-state index is -0.995. The largest absolute Gasteiger partial charge is 0.494 e. The number of amides is 2. The van der Waals surface area contributed by atoms with E-state index >= 15 is 0 Å². The van der Waals surface area contributed by atoms with Crippen LogP contribution in [0.1, 0.15) is 86.3 Å². The van der Waals surface area contributed by atoms with Crippen LogP contribution in [-0.2, 0) is 21.4 Å². The minimum absolute atomic E-state index is 0.0388. The number of aliphatic carboxylic acids is 1. The predicted molar refractivity (Wildman–Crippen MR) is 195 cm³/mol. The highest BCUT2D eigenvalue weighted by Crippen LogP contribution is 2.30. The van der Waals surface area contributed by atoms with Crippen LogP contribution in [0.4, 0.5) is 0 Å². The normalized spacial score (nSPS) is 11.9. The molecule has 2 aromatic carbocycles. The SMILES string of the molecule is CCCCCCCOc1ccc(-c2cnc(-c3ccc(C[C@H](NC(=O)c4ccc(C(C)(C)C)s4)C(=O)N(C)CCC(=O)O)cc3)nc2)cc1. The zero-order valence-corrected chi connectivity index (χ0v) is 30.0. The molecule has 0 fully saturated rings.